The Labute approximate surface area is 305 Å². The molecule has 17 nitrogen and oxygen atoms in total. The van der Waals surface area contributed by atoms with E-state index in [0.717, 1.165) is 26.2 Å². The zero-order valence-corrected chi connectivity index (χ0v) is 30.9. The normalized spacial score (nSPS) is 20.9. The summed E-state index contributed by atoms with van der Waals surface area (Å²) in [5, 5.41) is 28.8. The van der Waals surface area contributed by atoms with Gasteiger partial charge in [-0.15, -0.1) is 0 Å². The number of nitrogens with one attached hydrogen (secondary N) is 3. The number of carbonyl (C=O) groups excluding carboxylic acids is 3. The summed E-state index contributed by atoms with van der Waals surface area (Å²) in [5.41, 5.74) is -0.859. The van der Waals surface area contributed by atoms with Crippen molar-refractivity contribution in [1.82, 2.24) is 16.0 Å². The van der Waals surface area contributed by atoms with E-state index in [0.29, 0.717) is 30.5 Å². The van der Waals surface area contributed by atoms with Gasteiger partial charge < -0.3 is 49.3 Å². The Kier molecular flexibility index (Phi) is 16.4. The van der Waals surface area contributed by atoms with E-state index in [1.165, 1.54) is 24.3 Å². The molecule has 1 aromatic heterocycles. The van der Waals surface area contributed by atoms with Crippen molar-refractivity contribution in [2.75, 3.05) is 19.7 Å². The summed E-state index contributed by atoms with van der Waals surface area (Å²) in [6, 6.07) is 4.02. The summed E-state index contributed by atoms with van der Waals surface area (Å²) in [7, 11) is -5.33. The fraction of sp³-hybridized carbons (Fsp3) is 0.600. The molecule has 268 valence electrons. The molecule has 3 amide bonds. The molecule has 0 bridgehead atoms. The van der Waals surface area contributed by atoms with Crippen LogP contribution in [0.1, 0.15) is 58.9 Å². The number of carbonyl (C=O) groups is 3. The summed E-state index contributed by atoms with van der Waals surface area (Å²) in [5.74, 6) is -0.959. The minimum absolute atomic E-state index is 0. The maximum Gasteiger partial charge on any atom is 1.00 e. The summed E-state index contributed by atoms with van der Waals surface area (Å²) in [6.45, 7) is 6.49. The van der Waals surface area contributed by atoms with Crippen molar-refractivity contribution in [2.45, 2.75) is 96.0 Å². The van der Waals surface area contributed by atoms with Gasteiger partial charge in [0.05, 0.1) is 13.0 Å². The molecular formula is C30H42N3NaO14S. The van der Waals surface area contributed by atoms with Crippen molar-refractivity contribution in [3.63, 3.8) is 0 Å². The summed E-state index contributed by atoms with van der Waals surface area (Å²) in [4.78, 5) is 48.5. The van der Waals surface area contributed by atoms with Crippen LogP contribution in [0.25, 0.3) is 11.0 Å². The van der Waals surface area contributed by atoms with E-state index in [1.54, 1.807) is 20.8 Å². The minimum atomic E-state index is -5.33. The van der Waals surface area contributed by atoms with E-state index in [9.17, 15) is 42.4 Å². The number of fused-ring (bicyclic) bond motifs is 1. The molecule has 0 radical (unpaired) electrons. The minimum Gasteiger partial charge on any atom is -0.726 e. The van der Waals surface area contributed by atoms with Crippen LogP contribution >= 0.6 is 0 Å². The van der Waals surface area contributed by atoms with Crippen LogP contribution in [0.2, 0.25) is 0 Å². The van der Waals surface area contributed by atoms with Gasteiger partial charge >= 0.3 is 41.3 Å². The first-order valence-electron chi connectivity index (χ1n) is 15.3. The number of benzene rings is 1. The van der Waals surface area contributed by atoms with Crippen LogP contribution < -0.4 is 55.9 Å². The van der Waals surface area contributed by atoms with E-state index in [1.807, 2.05) is 0 Å². The Balaban J connectivity index is 0.00000833. The molecule has 5 N–H and O–H groups in total. The van der Waals surface area contributed by atoms with Crippen molar-refractivity contribution in [3.05, 3.63) is 40.2 Å². The second-order valence-electron chi connectivity index (χ2n) is 12.1. The van der Waals surface area contributed by atoms with Crippen LogP contribution in [0.5, 0.6) is 5.75 Å². The Morgan fingerprint density at radius 3 is 2.29 bits per heavy atom. The molecule has 1 aliphatic heterocycles. The average molecular weight is 724 g/mol. The first-order chi connectivity index (χ1) is 22.5. The number of alkyl carbamates (subject to hydrolysis) is 1. The molecule has 1 aromatic carbocycles. The first-order valence-corrected chi connectivity index (χ1v) is 16.6. The van der Waals surface area contributed by atoms with Crippen molar-refractivity contribution < 1.29 is 89.9 Å². The third-order valence-corrected chi connectivity index (χ3v) is 7.41. The van der Waals surface area contributed by atoms with Crippen LogP contribution in [0, 0.1) is 0 Å². The molecule has 1 saturated heterocycles. The molecule has 2 heterocycles. The summed E-state index contributed by atoms with van der Waals surface area (Å²) in [6.07, 6.45) is -4.22. The smallest absolute Gasteiger partial charge is 0.726 e. The van der Waals surface area contributed by atoms with Crippen molar-refractivity contribution >= 4 is 39.3 Å². The second kappa shape index (κ2) is 19.0. The number of aliphatic hydroxyl groups excluding tert-OH is 2. The second-order valence-corrected chi connectivity index (χ2v) is 13.2. The molecule has 1 aliphatic rings. The number of unbranched alkanes of at least 4 members (excludes halogenated alkanes) is 3. The van der Waals surface area contributed by atoms with Gasteiger partial charge in [-0.2, -0.15) is 0 Å². The SMILES string of the molecule is CC(=O)N[C@H]1[C@H](Oc2ccc3c(CC(=O)NCCCCCCNC(=O)OC(C)(C)C)cc(=O)oc3c2)O[C@H](CO)[C@H](OS(=O)(=O)[O-])[C@@H]1O.[Na+]. The van der Waals surface area contributed by atoms with E-state index in [2.05, 4.69) is 20.1 Å². The van der Waals surface area contributed by atoms with Gasteiger partial charge in [0.25, 0.3) is 0 Å². The van der Waals surface area contributed by atoms with Crippen LogP contribution in [0.3, 0.4) is 0 Å². The Morgan fingerprint density at radius 2 is 1.69 bits per heavy atom. The zero-order valence-electron chi connectivity index (χ0n) is 28.1. The Morgan fingerprint density at radius 1 is 1.04 bits per heavy atom. The summed E-state index contributed by atoms with van der Waals surface area (Å²) < 4.78 is 59.8. The molecular weight excluding hydrogens is 681 g/mol. The molecule has 0 aliphatic carbocycles. The molecule has 2 aromatic rings. The van der Waals surface area contributed by atoms with Gasteiger partial charge in [-0.3, -0.25) is 13.8 Å². The molecule has 19 heteroatoms. The third kappa shape index (κ3) is 14.1. The van der Waals surface area contributed by atoms with Crippen LogP contribution in [0.4, 0.5) is 4.79 Å². The van der Waals surface area contributed by atoms with Crippen LogP contribution in [0.15, 0.2) is 33.5 Å². The number of amides is 3. The molecule has 5 atom stereocenters. The molecule has 0 saturated carbocycles. The molecule has 0 unspecified atom stereocenters. The Bertz CT molecular complexity index is 1600. The standard InChI is InChI=1S/C30H43N3O14S.Na/c1-17(35)33-25-26(38)27(47-48(40,41)42)22(16-34)45-28(25)43-19-9-10-20-18(14-24(37)44-21(20)15-19)13-23(36)31-11-7-5-6-8-12-32-29(39)46-30(2,3)4;/h9-10,14-15,22,25-28,34,38H,5-8,11-13,16H2,1-4H3,(H,31,36)(H,32,39)(H,33,35)(H,40,41,42);/q;+1/p-1/t22-,25-,26-,27+,28-;/m1./s1. The number of ether oxygens (including phenoxy) is 3. The van der Waals surface area contributed by atoms with E-state index in [4.69, 9.17) is 18.6 Å². The Hall–Kier alpha value is -2.81. The monoisotopic (exact) mass is 723 g/mol. The number of hydrogen-bond acceptors (Lipinski definition) is 14. The van der Waals surface area contributed by atoms with Gasteiger partial charge in [0, 0.05) is 37.5 Å². The van der Waals surface area contributed by atoms with Crippen molar-refractivity contribution in [2.24, 2.45) is 0 Å². The fourth-order valence-corrected chi connectivity index (χ4v) is 5.46. The van der Waals surface area contributed by atoms with E-state index in [-0.39, 0.29) is 53.2 Å². The molecule has 3 rings (SSSR count). The quantitative estimate of drug-likeness (QED) is 0.0414. The maximum atomic E-state index is 12.7. The van der Waals surface area contributed by atoms with E-state index < -0.39 is 70.9 Å². The van der Waals surface area contributed by atoms with Gasteiger partial charge in [0.1, 0.15) is 41.3 Å². The third-order valence-electron chi connectivity index (χ3n) is 6.95. The van der Waals surface area contributed by atoms with E-state index >= 15 is 0 Å². The summed E-state index contributed by atoms with van der Waals surface area (Å²) >= 11 is 0. The van der Waals surface area contributed by atoms with Gasteiger partial charge in [0.2, 0.25) is 28.5 Å². The number of aliphatic hydroxyl groups is 2. The van der Waals surface area contributed by atoms with Gasteiger partial charge in [0.15, 0.2) is 0 Å². The average Bonchev–Trinajstić information content (AvgIpc) is 2.95. The topological polar surface area (TPSA) is 252 Å². The molecule has 1 fully saturated rings. The van der Waals surface area contributed by atoms with Gasteiger partial charge in [-0.05, 0) is 51.3 Å². The van der Waals surface area contributed by atoms with Gasteiger partial charge in [-0.25, -0.2) is 18.0 Å². The molecule has 0 spiro atoms. The van der Waals surface area contributed by atoms with Crippen LogP contribution in [-0.2, 0) is 40.1 Å². The maximum absolute atomic E-state index is 12.7. The predicted octanol–water partition coefficient (Wildman–Crippen LogP) is -2.65. The fourth-order valence-electron chi connectivity index (χ4n) is 4.95. The molecule has 49 heavy (non-hydrogen) atoms. The van der Waals surface area contributed by atoms with Crippen LogP contribution in [-0.4, -0.2) is 97.0 Å². The first kappa shape index (κ1) is 42.4. The number of rotatable bonds is 15. The zero-order chi connectivity index (χ0) is 35.6. The van der Waals surface area contributed by atoms with Crippen molar-refractivity contribution in [3.8, 4) is 5.75 Å². The predicted molar refractivity (Wildman–Crippen MR) is 166 cm³/mol. The van der Waals surface area contributed by atoms with Gasteiger partial charge in [-0.1, -0.05) is 12.8 Å². The van der Waals surface area contributed by atoms with Crippen molar-refractivity contribution in [1.29, 1.82) is 0 Å². The number of hydrogen-bond donors (Lipinski definition) is 5. The largest absolute Gasteiger partial charge is 1.00 e.